The van der Waals surface area contributed by atoms with Gasteiger partial charge in [0.25, 0.3) is 0 Å². The first kappa shape index (κ1) is 31.6. The Morgan fingerprint density at radius 2 is 1.00 bits per heavy atom. The SMILES string of the molecule is [AlH3].[Cu].[MgH2].[Re]. The van der Waals surface area contributed by atoms with Crippen LogP contribution in [-0.2, 0) is 37.5 Å². The van der Waals surface area contributed by atoms with E-state index in [4.69, 9.17) is 0 Å². The average molecular weight is 306 g/mol. The Morgan fingerprint density at radius 1 is 1.00 bits per heavy atom. The van der Waals surface area contributed by atoms with Crippen LogP contribution in [0.5, 0.6) is 0 Å². The van der Waals surface area contributed by atoms with Crippen molar-refractivity contribution in [3.63, 3.8) is 0 Å². The molecule has 0 atom stereocenters. The molecule has 0 aliphatic carbocycles. The second-order valence-corrected chi connectivity index (χ2v) is 0. The van der Waals surface area contributed by atoms with Crippen LogP contribution in [-0.4, -0.2) is 40.4 Å². The minimum absolute atomic E-state index is 0. The standard InChI is InChI=1S/Al.Cu.Mg.Re.5H. The van der Waals surface area contributed by atoms with Crippen molar-refractivity contribution in [2.24, 2.45) is 0 Å². The van der Waals surface area contributed by atoms with Gasteiger partial charge in [0.2, 0.25) is 0 Å². The van der Waals surface area contributed by atoms with E-state index in [1.165, 1.54) is 0 Å². The summed E-state index contributed by atoms with van der Waals surface area (Å²) in [6, 6.07) is 0. The van der Waals surface area contributed by atoms with Crippen molar-refractivity contribution in [1.29, 1.82) is 0 Å². The van der Waals surface area contributed by atoms with Crippen LogP contribution in [0.2, 0.25) is 0 Å². The Balaban J connectivity index is 0. The molecular weight excluding hydrogens is 301 g/mol. The molecule has 0 spiro atoms. The Labute approximate surface area is 76.9 Å². The van der Waals surface area contributed by atoms with Crippen LogP contribution < -0.4 is 0 Å². The zero-order valence-corrected chi connectivity index (χ0v) is 4.34. The fraction of sp³-hybridized carbons (Fsp3) is 0. The molecule has 28 valence electrons. The molecule has 0 heterocycles. The summed E-state index contributed by atoms with van der Waals surface area (Å²) in [5.74, 6) is 0. The van der Waals surface area contributed by atoms with E-state index in [-0.39, 0.29) is 77.9 Å². The molecule has 0 bridgehead atoms. The van der Waals surface area contributed by atoms with E-state index in [2.05, 4.69) is 0 Å². The monoisotopic (exact) mass is 306 g/mol. The maximum atomic E-state index is 0. The van der Waals surface area contributed by atoms with E-state index in [0.717, 1.165) is 0 Å². The maximum Gasteiger partial charge on any atom is 0.316 e. The van der Waals surface area contributed by atoms with E-state index in [0.29, 0.717) is 0 Å². The first-order valence-corrected chi connectivity index (χ1v) is 0. The molecule has 0 aromatic rings. The van der Waals surface area contributed by atoms with Gasteiger partial charge in [-0.25, -0.2) is 0 Å². The van der Waals surface area contributed by atoms with Crippen molar-refractivity contribution in [3.8, 4) is 0 Å². The topological polar surface area (TPSA) is 0 Å². The summed E-state index contributed by atoms with van der Waals surface area (Å²) in [5, 5.41) is 0. The second kappa shape index (κ2) is 17.9. The van der Waals surface area contributed by atoms with Crippen molar-refractivity contribution >= 4 is 40.4 Å². The maximum absolute atomic E-state index is 0. The molecule has 0 saturated carbocycles. The van der Waals surface area contributed by atoms with Gasteiger partial charge in [-0.15, -0.1) is 0 Å². The van der Waals surface area contributed by atoms with Gasteiger partial charge in [-0.1, -0.05) is 0 Å². The zero-order valence-electron chi connectivity index (χ0n) is 0.679. The summed E-state index contributed by atoms with van der Waals surface area (Å²) in [5.41, 5.74) is 0. The van der Waals surface area contributed by atoms with E-state index >= 15 is 0 Å². The summed E-state index contributed by atoms with van der Waals surface area (Å²) in [6.45, 7) is 0. The van der Waals surface area contributed by atoms with Crippen LogP contribution in [0.25, 0.3) is 0 Å². The minimum Gasteiger partial charge on any atom is 0 e. The van der Waals surface area contributed by atoms with Crippen LogP contribution in [0.4, 0.5) is 0 Å². The third-order valence-electron chi connectivity index (χ3n) is 0. The van der Waals surface area contributed by atoms with E-state index in [9.17, 15) is 0 Å². The zero-order chi connectivity index (χ0) is 0. The number of rotatable bonds is 0. The van der Waals surface area contributed by atoms with Gasteiger partial charge in [0.15, 0.2) is 17.4 Å². The fourth-order valence-electron chi connectivity index (χ4n) is 0. The fourth-order valence-corrected chi connectivity index (χ4v) is 0. The predicted octanol–water partition coefficient (Wildman–Crippen LogP) is -2.11. The molecule has 0 aromatic carbocycles. The van der Waals surface area contributed by atoms with Crippen LogP contribution in [0, 0.1) is 0 Å². The summed E-state index contributed by atoms with van der Waals surface area (Å²) in [4.78, 5) is 0. The largest absolute Gasteiger partial charge is 0.316 e. The molecule has 2 radical (unpaired) electrons. The molecule has 0 aliphatic rings. The second-order valence-electron chi connectivity index (χ2n) is 0. The van der Waals surface area contributed by atoms with Gasteiger partial charge in [0.05, 0.1) is 0 Å². The predicted molar refractivity (Wildman–Crippen MR) is 18.5 cm³/mol. The van der Waals surface area contributed by atoms with Gasteiger partial charge in [-0.2, -0.15) is 0 Å². The quantitative estimate of drug-likeness (QED) is 0.450. The van der Waals surface area contributed by atoms with Crippen molar-refractivity contribution in [1.82, 2.24) is 0 Å². The smallest absolute Gasteiger partial charge is 0 e. The first-order chi connectivity index (χ1) is 0. The third-order valence-corrected chi connectivity index (χ3v) is 0. The molecule has 0 aliphatic heterocycles. The van der Waals surface area contributed by atoms with Gasteiger partial charge in [-0.05, 0) is 0 Å². The molecule has 0 nitrogen and oxygen atoms in total. The minimum atomic E-state index is 0. The molecule has 4 heteroatoms. The molecule has 4 heavy (non-hydrogen) atoms. The normalized spacial score (nSPS) is 0. The van der Waals surface area contributed by atoms with Crippen molar-refractivity contribution in [3.05, 3.63) is 0 Å². The van der Waals surface area contributed by atoms with Crippen molar-refractivity contribution in [2.45, 2.75) is 0 Å². The Hall–Kier alpha value is 2.48. The Morgan fingerprint density at radius 3 is 1.00 bits per heavy atom. The van der Waals surface area contributed by atoms with Crippen LogP contribution in [0.15, 0.2) is 0 Å². The van der Waals surface area contributed by atoms with Crippen LogP contribution in [0.1, 0.15) is 0 Å². The number of hydrogen-bond donors (Lipinski definition) is 0. The van der Waals surface area contributed by atoms with Gasteiger partial charge in [0, 0.05) is 37.5 Å². The van der Waals surface area contributed by atoms with E-state index < -0.39 is 0 Å². The van der Waals surface area contributed by atoms with E-state index in [1.807, 2.05) is 0 Å². The van der Waals surface area contributed by atoms with Gasteiger partial charge in [0.1, 0.15) is 0 Å². The molecule has 0 fully saturated rings. The molecule has 0 aromatic heterocycles. The molecule has 0 unspecified atom stereocenters. The van der Waals surface area contributed by atoms with Crippen LogP contribution >= 0.6 is 0 Å². The molecule has 0 saturated heterocycles. The van der Waals surface area contributed by atoms with Gasteiger partial charge >= 0.3 is 23.1 Å². The summed E-state index contributed by atoms with van der Waals surface area (Å²) in [7, 11) is 0. The average Bonchev–Trinajstić information content (AvgIpc) is 0. The van der Waals surface area contributed by atoms with Crippen LogP contribution in [0.3, 0.4) is 0 Å². The van der Waals surface area contributed by atoms with Gasteiger partial charge in [-0.3, -0.25) is 0 Å². The summed E-state index contributed by atoms with van der Waals surface area (Å²) < 4.78 is 0. The van der Waals surface area contributed by atoms with E-state index in [1.54, 1.807) is 0 Å². The number of hydrogen-bond acceptors (Lipinski definition) is 0. The van der Waals surface area contributed by atoms with Crippen molar-refractivity contribution in [2.75, 3.05) is 0 Å². The molecule has 0 N–H and O–H groups in total. The molecule has 0 rings (SSSR count). The van der Waals surface area contributed by atoms with Crippen molar-refractivity contribution < 1.29 is 37.5 Å². The first-order valence-electron chi connectivity index (χ1n) is 0. The summed E-state index contributed by atoms with van der Waals surface area (Å²) >= 11 is 0. The Kier molecular flexibility index (Phi) is 141. The Bertz CT molecular complexity index is 8.00. The summed E-state index contributed by atoms with van der Waals surface area (Å²) in [6.07, 6.45) is 0. The molecule has 0 amide bonds. The van der Waals surface area contributed by atoms with Gasteiger partial charge < -0.3 is 0 Å². The molecular formula is H5AlCuMgRe. The third kappa shape index (κ3) is 8.82.